The van der Waals surface area contributed by atoms with Crippen molar-refractivity contribution in [1.29, 1.82) is 0 Å². The molecule has 0 saturated carbocycles. The fourth-order valence-corrected chi connectivity index (χ4v) is 2.34. The molecule has 2 heteroatoms. The number of rotatable bonds is 5. The van der Waals surface area contributed by atoms with Gasteiger partial charge in [-0.3, -0.25) is 0 Å². The zero-order chi connectivity index (χ0) is 12.3. The molecule has 92 valence electrons. The van der Waals surface area contributed by atoms with Crippen molar-refractivity contribution in [1.82, 2.24) is 4.57 Å². The molecule has 1 aromatic carbocycles. The van der Waals surface area contributed by atoms with Crippen LogP contribution in [0.5, 0.6) is 0 Å². The Morgan fingerprint density at radius 1 is 1.24 bits per heavy atom. The molecule has 0 aliphatic carbocycles. The van der Waals surface area contributed by atoms with Gasteiger partial charge in [-0.2, -0.15) is 0 Å². The Morgan fingerprint density at radius 3 is 2.71 bits per heavy atom. The molecule has 0 saturated heterocycles. The maximum atomic E-state index is 5.61. The Morgan fingerprint density at radius 2 is 2.00 bits per heavy atom. The summed E-state index contributed by atoms with van der Waals surface area (Å²) >= 11 is 0. The van der Waals surface area contributed by atoms with E-state index in [0.717, 1.165) is 25.9 Å². The monoisotopic (exact) mass is 230 g/mol. The summed E-state index contributed by atoms with van der Waals surface area (Å²) in [6.45, 7) is 6.39. The zero-order valence-electron chi connectivity index (χ0n) is 10.8. The first kappa shape index (κ1) is 12.2. The lowest BCUT2D eigenvalue weighted by Crippen LogP contribution is -2.09. The van der Waals surface area contributed by atoms with Crippen LogP contribution in [-0.4, -0.2) is 11.1 Å². The van der Waals surface area contributed by atoms with Crippen LogP contribution < -0.4 is 5.73 Å². The van der Waals surface area contributed by atoms with Crippen LogP contribution in [0.15, 0.2) is 30.3 Å². The average molecular weight is 230 g/mol. The molecule has 2 N–H and O–H groups in total. The number of aromatic nitrogens is 1. The van der Waals surface area contributed by atoms with E-state index in [1.54, 1.807) is 0 Å². The first-order chi connectivity index (χ1) is 8.22. The third-order valence-corrected chi connectivity index (χ3v) is 3.08. The molecule has 0 unspecified atom stereocenters. The molecule has 0 amide bonds. The highest BCUT2D eigenvalue weighted by atomic mass is 15.0. The number of nitrogens with zero attached hydrogens (tertiary/aromatic N) is 1. The summed E-state index contributed by atoms with van der Waals surface area (Å²) in [5, 5.41) is 1.35. The van der Waals surface area contributed by atoms with E-state index in [4.69, 9.17) is 5.73 Å². The predicted molar refractivity (Wildman–Crippen MR) is 74.2 cm³/mol. The molecular weight excluding hydrogens is 208 g/mol. The molecule has 2 nitrogen and oxygen atoms in total. The van der Waals surface area contributed by atoms with Crippen molar-refractivity contribution in [2.45, 2.75) is 33.2 Å². The van der Waals surface area contributed by atoms with E-state index in [0.29, 0.717) is 5.92 Å². The highest BCUT2D eigenvalue weighted by Gasteiger charge is 2.08. The van der Waals surface area contributed by atoms with Gasteiger partial charge in [-0.05, 0) is 42.8 Å². The maximum Gasteiger partial charge on any atom is 0.0482 e. The van der Waals surface area contributed by atoms with Crippen LogP contribution in [0.2, 0.25) is 0 Å². The standard InChI is InChI=1S/C15H22N2/c1-12(2)11-17-14(7-5-9-16)10-13-6-3-4-8-15(13)17/h3-4,6,8,10,12H,5,7,9,11,16H2,1-2H3. The summed E-state index contributed by atoms with van der Waals surface area (Å²) in [4.78, 5) is 0. The molecule has 0 aliphatic heterocycles. The largest absolute Gasteiger partial charge is 0.344 e. The summed E-state index contributed by atoms with van der Waals surface area (Å²) < 4.78 is 2.45. The fraction of sp³-hybridized carbons (Fsp3) is 0.467. The Hall–Kier alpha value is -1.28. The third-order valence-electron chi connectivity index (χ3n) is 3.08. The van der Waals surface area contributed by atoms with Gasteiger partial charge in [0, 0.05) is 17.8 Å². The van der Waals surface area contributed by atoms with Crippen molar-refractivity contribution in [3.8, 4) is 0 Å². The molecule has 0 fully saturated rings. The number of nitrogens with two attached hydrogens (primary N) is 1. The van der Waals surface area contributed by atoms with E-state index in [1.165, 1.54) is 16.6 Å². The van der Waals surface area contributed by atoms with Crippen LogP contribution in [0.3, 0.4) is 0 Å². The zero-order valence-corrected chi connectivity index (χ0v) is 10.8. The van der Waals surface area contributed by atoms with Crippen LogP contribution in [0.1, 0.15) is 26.0 Å². The molecular formula is C15H22N2. The van der Waals surface area contributed by atoms with Gasteiger partial charge in [0.15, 0.2) is 0 Å². The first-order valence-corrected chi connectivity index (χ1v) is 6.49. The van der Waals surface area contributed by atoms with E-state index < -0.39 is 0 Å². The van der Waals surface area contributed by atoms with Crippen molar-refractivity contribution < 1.29 is 0 Å². The minimum Gasteiger partial charge on any atom is -0.344 e. The highest BCUT2D eigenvalue weighted by Crippen LogP contribution is 2.22. The second-order valence-corrected chi connectivity index (χ2v) is 5.09. The van der Waals surface area contributed by atoms with E-state index in [2.05, 4.69) is 48.7 Å². The van der Waals surface area contributed by atoms with Gasteiger partial charge in [0.25, 0.3) is 0 Å². The molecule has 0 aliphatic rings. The quantitative estimate of drug-likeness (QED) is 0.840. The number of para-hydroxylation sites is 1. The molecule has 0 atom stereocenters. The summed E-state index contributed by atoms with van der Waals surface area (Å²) in [6, 6.07) is 10.9. The predicted octanol–water partition coefficient (Wildman–Crippen LogP) is 3.19. The Bertz CT molecular complexity index is 483. The van der Waals surface area contributed by atoms with Gasteiger partial charge >= 0.3 is 0 Å². The van der Waals surface area contributed by atoms with Gasteiger partial charge in [0.1, 0.15) is 0 Å². The van der Waals surface area contributed by atoms with Gasteiger partial charge in [-0.25, -0.2) is 0 Å². The number of benzene rings is 1. The first-order valence-electron chi connectivity index (χ1n) is 6.49. The lowest BCUT2D eigenvalue weighted by atomic mass is 10.2. The van der Waals surface area contributed by atoms with E-state index in [-0.39, 0.29) is 0 Å². The normalized spacial score (nSPS) is 11.5. The lowest BCUT2D eigenvalue weighted by Gasteiger charge is -2.13. The smallest absolute Gasteiger partial charge is 0.0482 e. The van der Waals surface area contributed by atoms with Crippen LogP contribution >= 0.6 is 0 Å². The van der Waals surface area contributed by atoms with E-state index >= 15 is 0 Å². The van der Waals surface area contributed by atoms with Crippen molar-refractivity contribution >= 4 is 10.9 Å². The Kier molecular flexibility index (Phi) is 3.85. The minimum absolute atomic E-state index is 0.669. The molecule has 2 rings (SSSR count). The van der Waals surface area contributed by atoms with Crippen molar-refractivity contribution in [2.75, 3.05) is 6.54 Å². The van der Waals surface area contributed by atoms with Crippen LogP contribution in [-0.2, 0) is 13.0 Å². The number of aryl methyl sites for hydroxylation is 1. The van der Waals surface area contributed by atoms with Gasteiger partial charge in [-0.1, -0.05) is 32.0 Å². The molecule has 0 bridgehead atoms. The second-order valence-electron chi connectivity index (χ2n) is 5.09. The Balaban J connectivity index is 2.41. The van der Waals surface area contributed by atoms with E-state index in [9.17, 15) is 0 Å². The van der Waals surface area contributed by atoms with Gasteiger partial charge in [-0.15, -0.1) is 0 Å². The number of hydrogen-bond donors (Lipinski definition) is 1. The van der Waals surface area contributed by atoms with Gasteiger partial charge in [0.05, 0.1) is 0 Å². The molecule has 1 aromatic heterocycles. The molecule has 2 aromatic rings. The molecule has 1 heterocycles. The second kappa shape index (κ2) is 5.37. The molecule has 0 radical (unpaired) electrons. The van der Waals surface area contributed by atoms with Gasteiger partial charge < -0.3 is 10.3 Å². The Labute approximate surface area is 103 Å². The SMILES string of the molecule is CC(C)Cn1c(CCCN)cc2ccccc21. The highest BCUT2D eigenvalue weighted by molar-refractivity contribution is 5.81. The summed E-state index contributed by atoms with van der Waals surface area (Å²) in [7, 11) is 0. The summed E-state index contributed by atoms with van der Waals surface area (Å²) in [5.41, 5.74) is 8.39. The minimum atomic E-state index is 0.669. The third kappa shape index (κ3) is 2.70. The van der Waals surface area contributed by atoms with Crippen LogP contribution in [0.25, 0.3) is 10.9 Å². The van der Waals surface area contributed by atoms with E-state index in [1.807, 2.05) is 0 Å². The molecule has 0 spiro atoms. The topological polar surface area (TPSA) is 30.9 Å². The maximum absolute atomic E-state index is 5.61. The number of fused-ring (bicyclic) bond motifs is 1. The van der Waals surface area contributed by atoms with Crippen molar-refractivity contribution in [3.05, 3.63) is 36.0 Å². The average Bonchev–Trinajstić information content (AvgIpc) is 2.64. The van der Waals surface area contributed by atoms with Crippen LogP contribution in [0, 0.1) is 5.92 Å². The summed E-state index contributed by atoms with van der Waals surface area (Å²) in [5.74, 6) is 0.669. The van der Waals surface area contributed by atoms with Gasteiger partial charge in [0.2, 0.25) is 0 Å². The fourth-order valence-electron chi connectivity index (χ4n) is 2.34. The lowest BCUT2D eigenvalue weighted by molar-refractivity contribution is 0.519. The van der Waals surface area contributed by atoms with Crippen LogP contribution in [0.4, 0.5) is 0 Å². The number of hydrogen-bond acceptors (Lipinski definition) is 1. The van der Waals surface area contributed by atoms with Crippen molar-refractivity contribution in [3.63, 3.8) is 0 Å². The molecule has 17 heavy (non-hydrogen) atoms. The van der Waals surface area contributed by atoms with Crippen molar-refractivity contribution in [2.24, 2.45) is 11.7 Å². The summed E-state index contributed by atoms with van der Waals surface area (Å²) in [6.07, 6.45) is 2.15.